The zero-order valence-corrected chi connectivity index (χ0v) is 23.8. The lowest BCUT2D eigenvalue weighted by Gasteiger charge is -2.32. The standard InChI is InChI=1S/C30H35F2N3O4S/c1-4-33-30(37)28(19-23-11-6-5-7-12-23)34(21-24-13-8-10-22(2)18-24)29(36)14-9-17-35(40(3,38)39)25-15-16-26(31)27(32)20-25/h5-8,10-13,15-16,18,20,28H,4,9,14,17,19,21H2,1-3H3,(H,33,37)/t28-/m1/s1. The maximum atomic E-state index is 13.8. The Morgan fingerprint density at radius 2 is 1.62 bits per heavy atom. The normalized spacial score (nSPS) is 12.0. The maximum Gasteiger partial charge on any atom is 0.243 e. The molecule has 0 saturated carbocycles. The fourth-order valence-corrected chi connectivity index (χ4v) is 5.45. The number of hydrogen-bond acceptors (Lipinski definition) is 4. The predicted molar refractivity (Wildman–Crippen MR) is 152 cm³/mol. The number of carbonyl (C=O) groups excluding carboxylic acids is 2. The van der Waals surface area contributed by atoms with Gasteiger partial charge in [-0.05, 0) is 43.5 Å². The smallest absolute Gasteiger partial charge is 0.243 e. The lowest BCUT2D eigenvalue weighted by Crippen LogP contribution is -2.50. The Balaban J connectivity index is 1.87. The summed E-state index contributed by atoms with van der Waals surface area (Å²) >= 11 is 0. The number of likely N-dealkylation sites (N-methyl/N-ethyl adjacent to an activating group) is 1. The molecule has 0 bridgehead atoms. The van der Waals surface area contributed by atoms with E-state index in [1.54, 1.807) is 0 Å². The van der Waals surface area contributed by atoms with Crippen LogP contribution >= 0.6 is 0 Å². The van der Waals surface area contributed by atoms with Crippen LogP contribution in [0.3, 0.4) is 0 Å². The second-order valence-electron chi connectivity index (χ2n) is 9.65. The number of hydrogen-bond donors (Lipinski definition) is 1. The number of anilines is 1. The third kappa shape index (κ3) is 8.61. The average Bonchev–Trinajstić information content (AvgIpc) is 2.90. The van der Waals surface area contributed by atoms with Gasteiger partial charge in [0.15, 0.2) is 11.6 Å². The van der Waals surface area contributed by atoms with Crippen molar-refractivity contribution in [2.24, 2.45) is 0 Å². The minimum Gasteiger partial charge on any atom is -0.355 e. The molecule has 2 amide bonds. The number of sulfonamides is 1. The third-order valence-corrected chi connectivity index (χ3v) is 7.59. The Kier molecular flexibility index (Phi) is 10.8. The van der Waals surface area contributed by atoms with E-state index in [1.165, 1.54) is 11.0 Å². The summed E-state index contributed by atoms with van der Waals surface area (Å²) < 4.78 is 53.1. The fraction of sp³-hybridized carbons (Fsp3) is 0.333. The Bertz CT molecular complexity index is 1420. The van der Waals surface area contributed by atoms with E-state index in [1.807, 2.05) is 68.4 Å². The first-order chi connectivity index (χ1) is 19.0. The van der Waals surface area contributed by atoms with Gasteiger partial charge in [-0.1, -0.05) is 60.2 Å². The van der Waals surface area contributed by atoms with Crippen molar-refractivity contribution in [3.8, 4) is 0 Å². The summed E-state index contributed by atoms with van der Waals surface area (Å²) in [5.41, 5.74) is 2.73. The van der Waals surface area contributed by atoms with Gasteiger partial charge in [0.25, 0.3) is 0 Å². The van der Waals surface area contributed by atoms with E-state index in [2.05, 4.69) is 5.32 Å². The van der Waals surface area contributed by atoms with E-state index in [0.717, 1.165) is 39.4 Å². The SMILES string of the molecule is CCNC(=O)[C@@H](Cc1ccccc1)N(Cc1cccc(C)c1)C(=O)CCCN(c1ccc(F)c(F)c1)S(C)(=O)=O. The van der Waals surface area contributed by atoms with Crippen molar-refractivity contribution < 1.29 is 26.8 Å². The van der Waals surface area contributed by atoms with E-state index in [9.17, 15) is 26.8 Å². The first-order valence-electron chi connectivity index (χ1n) is 13.1. The molecule has 3 aromatic carbocycles. The molecule has 0 aliphatic carbocycles. The van der Waals surface area contributed by atoms with Crippen LogP contribution in [-0.2, 0) is 32.6 Å². The van der Waals surface area contributed by atoms with Crippen LogP contribution in [0.15, 0.2) is 72.8 Å². The zero-order chi connectivity index (χ0) is 29.3. The first-order valence-corrected chi connectivity index (χ1v) is 14.9. The number of halogens is 2. The Hall–Kier alpha value is -3.79. The van der Waals surface area contributed by atoms with Gasteiger partial charge in [-0.15, -0.1) is 0 Å². The van der Waals surface area contributed by atoms with E-state index >= 15 is 0 Å². The third-order valence-electron chi connectivity index (χ3n) is 6.40. The van der Waals surface area contributed by atoms with Crippen molar-refractivity contribution >= 4 is 27.5 Å². The number of amides is 2. The summed E-state index contributed by atoms with van der Waals surface area (Å²) in [6, 6.07) is 19.1. The van der Waals surface area contributed by atoms with E-state index in [0.29, 0.717) is 13.0 Å². The van der Waals surface area contributed by atoms with Gasteiger partial charge in [0, 0.05) is 38.5 Å². The van der Waals surface area contributed by atoms with Crippen LogP contribution in [-0.4, -0.2) is 50.5 Å². The molecule has 1 atom stereocenters. The van der Waals surface area contributed by atoms with Crippen LogP contribution < -0.4 is 9.62 Å². The highest BCUT2D eigenvalue weighted by molar-refractivity contribution is 7.92. The minimum absolute atomic E-state index is 0.0326. The molecule has 0 aromatic heterocycles. The van der Waals surface area contributed by atoms with Crippen molar-refractivity contribution in [1.82, 2.24) is 10.2 Å². The maximum absolute atomic E-state index is 13.8. The largest absolute Gasteiger partial charge is 0.355 e. The molecule has 0 saturated heterocycles. The number of nitrogens with zero attached hydrogens (tertiary/aromatic N) is 2. The number of aryl methyl sites for hydroxylation is 1. The zero-order valence-electron chi connectivity index (χ0n) is 22.9. The van der Waals surface area contributed by atoms with Crippen molar-refractivity contribution in [2.75, 3.05) is 23.7 Å². The molecule has 0 fully saturated rings. The fourth-order valence-electron chi connectivity index (χ4n) is 4.50. The van der Waals surface area contributed by atoms with E-state index < -0.39 is 27.7 Å². The molecule has 0 unspecified atom stereocenters. The molecule has 3 rings (SSSR count). The highest BCUT2D eigenvalue weighted by atomic mass is 32.2. The Labute approximate surface area is 234 Å². The molecule has 40 heavy (non-hydrogen) atoms. The van der Waals surface area contributed by atoms with Gasteiger partial charge in [-0.25, -0.2) is 17.2 Å². The van der Waals surface area contributed by atoms with E-state index in [-0.39, 0.29) is 43.4 Å². The summed E-state index contributed by atoms with van der Waals surface area (Å²) in [6.07, 6.45) is 1.30. The van der Waals surface area contributed by atoms with Gasteiger partial charge in [-0.3, -0.25) is 13.9 Å². The second kappa shape index (κ2) is 14.0. The molecule has 0 aliphatic rings. The number of rotatable bonds is 13. The van der Waals surface area contributed by atoms with Gasteiger partial charge in [0.2, 0.25) is 21.8 Å². The molecule has 7 nitrogen and oxygen atoms in total. The number of nitrogens with one attached hydrogen (secondary N) is 1. The summed E-state index contributed by atoms with van der Waals surface area (Å²) in [5, 5.41) is 2.84. The van der Waals surface area contributed by atoms with Gasteiger partial charge >= 0.3 is 0 Å². The van der Waals surface area contributed by atoms with Gasteiger partial charge in [-0.2, -0.15) is 0 Å². The van der Waals surface area contributed by atoms with Crippen molar-refractivity contribution in [2.45, 2.75) is 45.7 Å². The summed E-state index contributed by atoms with van der Waals surface area (Å²) in [4.78, 5) is 28.5. The summed E-state index contributed by atoms with van der Waals surface area (Å²) in [5.74, 6) is -2.87. The highest BCUT2D eigenvalue weighted by Crippen LogP contribution is 2.22. The number of benzene rings is 3. The lowest BCUT2D eigenvalue weighted by atomic mass is 10.0. The van der Waals surface area contributed by atoms with Crippen LogP contribution in [0.1, 0.15) is 36.5 Å². The first kappa shape index (κ1) is 30.7. The molecule has 0 aliphatic heterocycles. The summed E-state index contributed by atoms with van der Waals surface area (Å²) in [7, 11) is -3.84. The molecular weight excluding hydrogens is 536 g/mol. The topological polar surface area (TPSA) is 86.8 Å². The second-order valence-corrected chi connectivity index (χ2v) is 11.6. The molecule has 214 valence electrons. The van der Waals surface area contributed by atoms with Crippen molar-refractivity contribution in [3.63, 3.8) is 0 Å². The lowest BCUT2D eigenvalue weighted by molar-refractivity contribution is -0.141. The quantitative estimate of drug-likeness (QED) is 0.325. The molecule has 3 aromatic rings. The minimum atomic E-state index is -3.84. The number of carbonyl (C=O) groups is 2. The monoisotopic (exact) mass is 571 g/mol. The van der Waals surface area contributed by atoms with Crippen molar-refractivity contribution in [1.29, 1.82) is 0 Å². The molecule has 0 radical (unpaired) electrons. The molecule has 0 heterocycles. The van der Waals surface area contributed by atoms with E-state index in [4.69, 9.17) is 0 Å². The Morgan fingerprint density at radius 1 is 0.925 bits per heavy atom. The van der Waals surface area contributed by atoms with Crippen LogP contribution in [0.5, 0.6) is 0 Å². The average molecular weight is 572 g/mol. The summed E-state index contributed by atoms with van der Waals surface area (Å²) in [6.45, 7) is 4.21. The van der Waals surface area contributed by atoms with Crippen LogP contribution in [0.2, 0.25) is 0 Å². The molecule has 10 heteroatoms. The van der Waals surface area contributed by atoms with Crippen LogP contribution in [0.4, 0.5) is 14.5 Å². The predicted octanol–water partition coefficient (Wildman–Crippen LogP) is 4.60. The molecular formula is C30H35F2N3O4S. The van der Waals surface area contributed by atoms with Crippen molar-refractivity contribution in [3.05, 3.63) is 101 Å². The molecule has 1 N–H and O–H groups in total. The van der Waals surface area contributed by atoms with Crippen LogP contribution in [0, 0.1) is 18.6 Å². The highest BCUT2D eigenvalue weighted by Gasteiger charge is 2.30. The van der Waals surface area contributed by atoms with Gasteiger partial charge in [0.1, 0.15) is 6.04 Å². The molecule has 0 spiro atoms. The van der Waals surface area contributed by atoms with Gasteiger partial charge < -0.3 is 10.2 Å². The Morgan fingerprint density at radius 3 is 2.25 bits per heavy atom. The van der Waals surface area contributed by atoms with Crippen LogP contribution in [0.25, 0.3) is 0 Å². The van der Waals surface area contributed by atoms with Gasteiger partial charge in [0.05, 0.1) is 11.9 Å².